The monoisotopic (exact) mass is 325 g/mol. The molecule has 0 N–H and O–H groups in total. The van der Waals surface area contributed by atoms with Crippen molar-refractivity contribution in [2.24, 2.45) is 7.05 Å². The summed E-state index contributed by atoms with van der Waals surface area (Å²) in [6.07, 6.45) is 0. The second-order valence-corrected chi connectivity index (χ2v) is 4.90. The van der Waals surface area contributed by atoms with Gasteiger partial charge >= 0.3 is 0 Å². The van der Waals surface area contributed by atoms with Crippen LogP contribution in [0.5, 0.6) is 0 Å². The normalized spacial score (nSPS) is 10.8. The zero-order chi connectivity index (χ0) is 14.0. The van der Waals surface area contributed by atoms with Crippen molar-refractivity contribution < 1.29 is 4.39 Å². The molecule has 2 aromatic rings. The fourth-order valence-electron chi connectivity index (χ4n) is 2.29. The van der Waals surface area contributed by atoms with Gasteiger partial charge in [0.15, 0.2) is 0 Å². The molecule has 102 valence electrons. The van der Waals surface area contributed by atoms with E-state index in [1.165, 1.54) is 6.07 Å². The van der Waals surface area contributed by atoms with E-state index in [2.05, 4.69) is 21.0 Å². The molecular weight excluding hydrogens is 309 g/mol. The van der Waals surface area contributed by atoms with Gasteiger partial charge in [-0.05, 0) is 26.0 Å². The van der Waals surface area contributed by atoms with E-state index < -0.39 is 0 Å². The van der Waals surface area contributed by atoms with Crippen LogP contribution in [0.4, 0.5) is 15.9 Å². The number of hydrogen-bond donors (Lipinski definition) is 0. The van der Waals surface area contributed by atoms with E-state index in [4.69, 9.17) is 0 Å². The third-order valence-corrected chi connectivity index (χ3v) is 3.72. The largest absolute Gasteiger partial charge is 0.324 e. The summed E-state index contributed by atoms with van der Waals surface area (Å²) < 4.78 is 15.8. The Labute approximate surface area is 121 Å². The van der Waals surface area contributed by atoms with Crippen molar-refractivity contribution in [3.63, 3.8) is 0 Å². The fraction of sp³-hybridized carbons (Fsp3) is 0.357. The molecule has 1 heterocycles. The van der Waals surface area contributed by atoms with Crippen LogP contribution in [0.3, 0.4) is 0 Å². The highest BCUT2D eigenvalue weighted by molar-refractivity contribution is 9.08. The van der Waals surface area contributed by atoms with Crippen LogP contribution in [0, 0.1) is 12.7 Å². The van der Waals surface area contributed by atoms with E-state index in [9.17, 15) is 4.39 Å². The molecule has 0 radical (unpaired) electrons. The number of halogens is 2. The Bertz CT molecular complexity index is 580. The van der Waals surface area contributed by atoms with E-state index in [-0.39, 0.29) is 5.82 Å². The first-order valence-corrected chi connectivity index (χ1v) is 7.32. The summed E-state index contributed by atoms with van der Waals surface area (Å²) in [6, 6.07) is 6.82. The molecule has 0 spiro atoms. The van der Waals surface area contributed by atoms with Gasteiger partial charge in [0.2, 0.25) is 0 Å². The van der Waals surface area contributed by atoms with Crippen molar-refractivity contribution >= 4 is 27.4 Å². The molecule has 0 amide bonds. The maximum Gasteiger partial charge on any atom is 0.146 e. The number of alkyl halides is 1. The first kappa shape index (κ1) is 14.1. The highest BCUT2D eigenvalue weighted by Crippen LogP contribution is 2.32. The van der Waals surface area contributed by atoms with E-state index in [1.807, 2.05) is 36.5 Å². The molecule has 1 aromatic carbocycles. The molecule has 1 aromatic heterocycles. The van der Waals surface area contributed by atoms with Gasteiger partial charge in [0.05, 0.1) is 11.4 Å². The fourth-order valence-corrected chi connectivity index (χ4v) is 2.95. The highest BCUT2D eigenvalue weighted by Gasteiger charge is 2.20. The van der Waals surface area contributed by atoms with Crippen LogP contribution < -0.4 is 4.90 Å². The van der Waals surface area contributed by atoms with Crippen LogP contribution in [0.2, 0.25) is 0 Å². The zero-order valence-electron chi connectivity index (χ0n) is 11.3. The number of anilines is 2. The minimum atomic E-state index is -0.219. The van der Waals surface area contributed by atoms with Crippen molar-refractivity contribution in [1.29, 1.82) is 0 Å². The molecule has 0 saturated carbocycles. The Balaban J connectivity index is 2.58. The number of benzene rings is 1. The summed E-state index contributed by atoms with van der Waals surface area (Å²) >= 11 is 3.49. The second kappa shape index (κ2) is 5.74. The van der Waals surface area contributed by atoms with Gasteiger partial charge in [-0.25, -0.2) is 4.39 Å². The van der Waals surface area contributed by atoms with Gasteiger partial charge in [-0.3, -0.25) is 4.68 Å². The molecule has 0 unspecified atom stereocenters. The number of rotatable bonds is 4. The van der Waals surface area contributed by atoms with E-state index >= 15 is 0 Å². The van der Waals surface area contributed by atoms with Crippen molar-refractivity contribution in [2.45, 2.75) is 19.2 Å². The minimum absolute atomic E-state index is 0.219. The van der Waals surface area contributed by atoms with E-state index in [0.717, 1.165) is 17.1 Å². The number of aryl methyl sites for hydroxylation is 2. The quantitative estimate of drug-likeness (QED) is 0.794. The predicted molar refractivity (Wildman–Crippen MR) is 79.7 cm³/mol. The molecular formula is C14H17BrFN3. The maximum atomic E-state index is 14.0. The molecule has 19 heavy (non-hydrogen) atoms. The lowest BCUT2D eigenvalue weighted by Crippen LogP contribution is -2.21. The summed E-state index contributed by atoms with van der Waals surface area (Å²) in [5, 5.41) is 5.13. The molecule has 0 fully saturated rings. The lowest BCUT2D eigenvalue weighted by atomic mass is 10.2. The van der Waals surface area contributed by atoms with Crippen LogP contribution in [-0.4, -0.2) is 16.3 Å². The Hall–Kier alpha value is -1.36. The third kappa shape index (κ3) is 2.52. The van der Waals surface area contributed by atoms with Crippen LogP contribution in [0.1, 0.15) is 18.2 Å². The lowest BCUT2D eigenvalue weighted by Gasteiger charge is -2.24. The summed E-state index contributed by atoms with van der Waals surface area (Å²) in [7, 11) is 1.89. The summed E-state index contributed by atoms with van der Waals surface area (Å²) in [4.78, 5) is 1.95. The molecule has 0 bridgehead atoms. The standard InChI is InChI=1S/C14H17BrFN3/c1-4-19(13-8-6-5-7-12(13)16)14-11(9-15)10(2)17-18(14)3/h5-8H,4,9H2,1-3H3. The lowest BCUT2D eigenvalue weighted by molar-refractivity contribution is 0.623. The molecule has 3 nitrogen and oxygen atoms in total. The molecule has 0 saturated heterocycles. The van der Waals surface area contributed by atoms with E-state index in [1.54, 1.807) is 12.1 Å². The number of nitrogens with zero attached hydrogens (tertiary/aromatic N) is 3. The molecule has 0 aliphatic heterocycles. The number of para-hydroxylation sites is 1. The first-order chi connectivity index (χ1) is 9.10. The molecule has 0 aliphatic rings. The van der Waals surface area contributed by atoms with Crippen molar-refractivity contribution in [3.05, 3.63) is 41.3 Å². The maximum absolute atomic E-state index is 14.0. The van der Waals surface area contributed by atoms with Crippen molar-refractivity contribution in [3.8, 4) is 0 Å². The van der Waals surface area contributed by atoms with Gasteiger partial charge in [-0.15, -0.1) is 0 Å². The first-order valence-electron chi connectivity index (χ1n) is 6.20. The summed E-state index contributed by atoms with van der Waals surface area (Å²) in [5.41, 5.74) is 2.63. The predicted octanol–water partition coefficient (Wildman–Crippen LogP) is 3.92. The highest BCUT2D eigenvalue weighted by atomic mass is 79.9. The van der Waals surface area contributed by atoms with Gasteiger partial charge in [-0.1, -0.05) is 28.1 Å². The van der Waals surface area contributed by atoms with E-state index in [0.29, 0.717) is 17.6 Å². The molecule has 5 heteroatoms. The van der Waals surface area contributed by atoms with Crippen LogP contribution in [-0.2, 0) is 12.4 Å². The second-order valence-electron chi connectivity index (χ2n) is 4.34. The number of hydrogen-bond acceptors (Lipinski definition) is 2. The Morgan fingerprint density at radius 3 is 2.63 bits per heavy atom. The van der Waals surface area contributed by atoms with Gasteiger partial charge in [0.1, 0.15) is 11.6 Å². The van der Waals surface area contributed by atoms with Gasteiger partial charge in [-0.2, -0.15) is 5.10 Å². The van der Waals surface area contributed by atoms with Gasteiger partial charge in [0.25, 0.3) is 0 Å². The average Bonchev–Trinajstić information content (AvgIpc) is 2.67. The van der Waals surface area contributed by atoms with Crippen molar-refractivity contribution in [2.75, 3.05) is 11.4 Å². The van der Waals surface area contributed by atoms with Crippen molar-refractivity contribution in [1.82, 2.24) is 9.78 Å². The molecule has 0 aliphatic carbocycles. The zero-order valence-corrected chi connectivity index (χ0v) is 12.9. The van der Waals surface area contributed by atoms with Crippen LogP contribution in [0.25, 0.3) is 0 Å². The van der Waals surface area contributed by atoms with Crippen LogP contribution in [0.15, 0.2) is 24.3 Å². The summed E-state index contributed by atoms with van der Waals surface area (Å²) in [6.45, 7) is 4.65. The topological polar surface area (TPSA) is 21.1 Å². The Morgan fingerprint density at radius 1 is 1.37 bits per heavy atom. The third-order valence-electron chi connectivity index (χ3n) is 3.16. The summed E-state index contributed by atoms with van der Waals surface area (Å²) in [5.74, 6) is 0.714. The molecule has 2 rings (SSSR count). The SMILES string of the molecule is CCN(c1ccccc1F)c1c(CBr)c(C)nn1C. The Kier molecular flexibility index (Phi) is 4.24. The van der Waals surface area contributed by atoms with Gasteiger partial charge < -0.3 is 4.90 Å². The molecule has 0 atom stereocenters. The number of aromatic nitrogens is 2. The van der Waals surface area contributed by atoms with Crippen LogP contribution >= 0.6 is 15.9 Å². The smallest absolute Gasteiger partial charge is 0.146 e. The Morgan fingerprint density at radius 2 is 2.05 bits per heavy atom. The van der Waals surface area contributed by atoms with Gasteiger partial charge in [0, 0.05) is 24.5 Å². The average molecular weight is 326 g/mol. The minimum Gasteiger partial charge on any atom is -0.324 e.